The molecule has 1 aliphatic rings. The molecule has 166 valence electrons. The van der Waals surface area contributed by atoms with Gasteiger partial charge in [0.15, 0.2) is 0 Å². The molecule has 0 saturated carbocycles. The van der Waals surface area contributed by atoms with Crippen LogP contribution < -0.4 is 5.32 Å². The van der Waals surface area contributed by atoms with Crippen LogP contribution in [0.25, 0.3) is 16.5 Å². The summed E-state index contributed by atoms with van der Waals surface area (Å²) in [5.41, 5.74) is 1.64. The maximum absolute atomic E-state index is 13.4. The number of aromatic nitrogens is 2. The van der Waals surface area contributed by atoms with Crippen LogP contribution in [0.15, 0.2) is 85.2 Å². The van der Waals surface area contributed by atoms with E-state index in [4.69, 9.17) is 0 Å². The number of carbonyl (C=O) groups excluding carboxylic acids is 2. The second-order valence-corrected chi connectivity index (χ2v) is 8.63. The summed E-state index contributed by atoms with van der Waals surface area (Å²) in [7, 11) is 1.88. The van der Waals surface area contributed by atoms with Crippen molar-refractivity contribution in [1.82, 2.24) is 24.9 Å². The Bertz CT molecular complexity index is 1330. The van der Waals surface area contributed by atoms with Crippen molar-refractivity contribution in [2.45, 2.75) is 19.0 Å². The molecule has 4 aromatic rings. The van der Waals surface area contributed by atoms with E-state index in [0.29, 0.717) is 6.54 Å². The van der Waals surface area contributed by atoms with E-state index >= 15 is 0 Å². The van der Waals surface area contributed by atoms with Gasteiger partial charge in [0.1, 0.15) is 5.54 Å². The fraction of sp³-hybridized carbons (Fsp3) is 0.192. The lowest BCUT2D eigenvalue weighted by Gasteiger charge is -2.25. The van der Waals surface area contributed by atoms with Gasteiger partial charge in [-0.15, -0.1) is 0 Å². The molecule has 2 heterocycles. The molecule has 5 rings (SSSR count). The standard InChI is InChI=1S/C26H25N5O2/c1-26(22-13-12-20-8-6-7-9-21(20)14-22)24(32)30(25(33)28-26)18-29(2)16-19-15-27-31(17-19)23-10-4-3-5-11-23/h3-15,17H,16,18H2,1-2H3,(H,28,33). The Morgan fingerprint density at radius 1 is 0.970 bits per heavy atom. The fourth-order valence-electron chi connectivity index (χ4n) is 4.29. The molecule has 1 saturated heterocycles. The molecule has 1 aromatic heterocycles. The molecular weight excluding hydrogens is 414 g/mol. The lowest BCUT2D eigenvalue weighted by Crippen LogP contribution is -2.42. The van der Waals surface area contributed by atoms with E-state index in [1.165, 1.54) is 4.90 Å². The highest BCUT2D eigenvalue weighted by molar-refractivity contribution is 6.07. The molecule has 1 atom stereocenters. The summed E-state index contributed by atoms with van der Waals surface area (Å²) in [6, 6.07) is 23.3. The first-order valence-electron chi connectivity index (χ1n) is 10.8. The Kier molecular flexibility index (Phi) is 5.18. The maximum atomic E-state index is 13.4. The number of hydrogen-bond donors (Lipinski definition) is 1. The van der Waals surface area contributed by atoms with E-state index in [9.17, 15) is 9.59 Å². The molecule has 0 spiro atoms. The Hall–Kier alpha value is -3.97. The molecule has 1 fully saturated rings. The van der Waals surface area contributed by atoms with Crippen molar-refractivity contribution in [1.29, 1.82) is 0 Å². The molecule has 0 aliphatic carbocycles. The fourth-order valence-corrected chi connectivity index (χ4v) is 4.29. The second-order valence-electron chi connectivity index (χ2n) is 8.63. The minimum Gasteiger partial charge on any atom is -0.319 e. The zero-order chi connectivity index (χ0) is 23.0. The smallest absolute Gasteiger partial charge is 0.319 e. The molecule has 1 aliphatic heterocycles. The quantitative estimate of drug-likeness (QED) is 0.463. The minimum atomic E-state index is -1.10. The third-order valence-corrected chi connectivity index (χ3v) is 6.09. The third kappa shape index (κ3) is 3.87. The van der Waals surface area contributed by atoms with E-state index in [2.05, 4.69) is 10.4 Å². The van der Waals surface area contributed by atoms with Gasteiger partial charge in [0.2, 0.25) is 0 Å². The molecular formula is C26H25N5O2. The first kappa shape index (κ1) is 20.9. The summed E-state index contributed by atoms with van der Waals surface area (Å²) < 4.78 is 1.81. The van der Waals surface area contributed by atoms with Gasteiger partial charge in [-0.05, 0) is 48.5 Å². The van der Waals surface area contributed by atoms with Crippen LogP contribution in [0.5, 0.6) is 0 Å². The molecule has 7 heteroatoms. The molecule has 7 nitrogen and oxygen atoms in total. The van der Waals surface area contributed by atoms with E-state index in [1.807, 2.05) is 95.6 Å². The molecule has 0 bridgehead atoms. The van der Waals surface area contributed by atoms with Crippen molar-refractivity contribution in [3.63, 3.8) is 0 Å². The van der Waals surface area contributed by atoms with Crippen LogP contribution in [0, 0.1) is 0 Å². The minimum absolute atomic E-state index is 0.185. The van der Waals surface area contributed by atoms with Gasteiger partial charge in [0.25, 0.3) is 5.91 Å². The Balaban J connectivity index is 1.30. The van der Waals surface area contributed by atoms with Gasteiger partial charge in [-0.25, -0.2) is 14.4 Å². The van der Waals surface area contributed by atoms with Crippen molar-refractivity contribution in [3.8, 4) is 5.69 Å². The molecule has 3 aromatic carbocycles. The van der Waals surface area contributed by atoms with Crippen LogP contribution in [0.3, 0.4) is 0 Å². The van der Waals surface area contributed by atoms with Crippen molar-refractivity contribution >= 4 is 22.7 Å². The van der Waals surface area contributed by atoms with Crippen LogP contribution >= 0.6 is 0 Å². The molecule has 1 unspecified atom stereocenters. The van der Waals surface area contributed by atoms with Gasteiger partial charge >= 0.3 is 6.03 Å². The van der Waals surface area contributed by atoms with Crippen LogP contribution in [0.2, 0.25) is 0 Å². The van der Waals surface area contributed by atoms with Crippen LogP contribution in [0.4, 0.5) is 4.79 Å². The Morgan fingerprint density at radius 2 is 1.70 bits per heavy atom. The maximum Gasteiger partial charge on any atom is 0.326 e. The number of benzene rings is 3. The number of carbonyl (C=O) groups is 2. The number of nitrogens with one attached hydrogen (secondary N) is 1. The van der Waals surface area contributed by atoms with Crippen molar-refractivity contribution < 1.29 is 9.59 Å². The lowest BCUT2D eigenvalue weighted by atomic mass is 9.90. The molecule has 3 amide bonds. The number of rotatable bonds is 6. The second kappa shape index (κ2) is 8.18. The normalized spacial score (nSPS) is 18.3. The van der Waals surface area contributed by atoms with Gasteiger partial charge in [0.05, 0.1) is 18.6 Å². The number of amides is 3. The molecule has 33 heavy (non-hydrogen) atoms. The largest absolute Gasteiger partial charge is 0.326 e. The van der Waals surface area contributed by atoms with Crippen molar-refractivity contribution in [2.24, 2.45) is 0 Å². The number of nitrogens with zero attached hydrogens (tertiary/aromatic N) is 4. The van der Waals surface area contributed by atoms with Crippen molar-refractivity contribution in [3.05, 3.63) is 96.3 Å². The number of para-hydroxylation sites is 1. The van der Waals surface area contributed by atoms with Crippen LogP contribution in [0.1, 0.15) is 18.1 Å². The van der Waals surface area contributed by atoms with Crippen LogP contribution in [-0.2, 0) is 16.9 Å². The summed E-state index contributed by atoms with van der Waals surface area (Å²) in [4.78, 5) is 29.3. The first-order valence-corrected chi connectivity index (χ1v) is 10.8. The summed E-state index contributed by atoms with van der Waals surface area (Å²) in [5, 5.41) is 9.44. The average molecular weight is 440 g/mol. The van der Waals surface area contributed by atoms with Gasteiger partial charge < -0.3 is 5.32 Å². The molecule has 1 N–H and O–H groups in total. The lowest BCUT2D eigenvalue weighted by molar-refractivity contribution is -0.132. The van der Waals surface area contributed by atoms with Crippen molar-refractivity contribution in [2.75, 3.05) is 13.7 Å². The number of hydrogen-bond acceptors (Lipinski definition) is 4. The van der Waals surface area contributed by atoms with E-state index in [0.717, 1.165) is 27.6 Å². The Labute approximate surface area is 192 Å². The SMILES string of the molecule is CN(Cc1cnn(-c2ccccc2)c1)CN1C(=O)NC(C)(c2ccc3ccccc3c2)C1=O. The van der Waals surface area contributed by atoms with Crippen LogP contribution in [-0.4, -0.2) is 45.2 Å². The third-order valence-electron chi connectivity index (χ3n) is 6.09. The number of imide groups is 1. The molecule has 0 radical (unpaired) electrons. The first-order chi connectivity index (χ1) is 15.9. The summed E-state index contributed by atoms with van der Waals surface area (Å²) in [5.74, 6) is -0.255. The number of urea groups is 1. The predicted octanol–water partition coefficient (Wildman–Crippen LogP) is 3.88. The summed E-state index contributed by atoms with van der Waals surface area (Å²) in [6.45, 7) is 2.50. The highest BCUT2D eigenvalue weighted by Crippen LogP contribution is 2.31. The average Bonchev–Trinajstić information content (AvgIpc) is 3.38. The number of fused-ring (bicyclic) bond motifs is 1. The van der Waals surface area contributed by atoms with Gasteiger partial charge in [-0.3, -0.25) is 9.69 Å². The van der Waals surface area contributed by atoms with Gasteiger partial charge in [-0.1, -0.05) is 54.6 Å². The predicted molar refractivity (Wildman–Crippen MR) is 127 cm³/mol. The topological polar surface area (TPSA) is 70.5 Å². The highest BCUT2D eigenvalue weighted by atomic mass is 16.2. The zero-order valence-electron chi connectivity index (χ0n) is 18.6. The zero-order valence-corrected chi connectivity index (χ0v) is 18.6. The highest BCUT2D eigenvalue weighted by Gasteiger charge is 2.49. The van der Waals surface area contributed by atoms with E-state index in [1.54, 1.807) is 13.1 Å². The summed E-state index contributed by atoms with van der Waals surface area (Å²) >= 11 is 0. The van der Waals surface area contributed by atoms with Gasteiger partial charge in [-0.2, -0.15) is 5.10 Å². The Morgan fingerprint density at radius 3 is 2.48 bits per heavy atom. The van der Waals surface area contributed by atoms with Gasteiger partial charge in [0, 0.05) is 18.3 Å². The summed E-state index contributed by atoms with van der Waals surface area (Å²) in [6.07, 6.45) is 3.76. The monoisotopic (exact) mass is 439 g/mol. The van der Waals surface area contributed by atoms with E-state index < -0.39 is 5.54 Å². The van der Waals surface area contributed by atoms with E-state index in [-0.39, 0.29) is 18.6 Å².